The van der Waals surface area contributed by atoms with Crippen LogP contribution in [0.25, 0.3) is 0 Å². The van der Waals surface area contributed by atoms with Crippen LogP contribution in [0.1, 0.15) is 42.4 Å². The van der Waals surface area contributed by atoms with Crippen LogP contribution >= 0.6 is 0 Å². The second-order valence-corrected chi connectivity index (χ2v) is 5.01. The van der Waals surface area contributed by atoms with Crippen molar-refractivity contribution in [3.8, 4) is 0 Å². The van der Waals surface area contributed by atoms with Gasteiger partial charge in [-0.25, -0.2) is 0 Å². The van der Waals surface area contributed by atoms with Crippen LogP contribution in [0, 0.1) is 13.8 Å². The van der Waals surface area contributed by atoms with Crippen molar-refractivity contribution in [2.75, 3.05) is 6.54 Å². The maximum absolute atomic E-state index is 4.69. The van der Waals surface area contributed by atoms with Gasteiger partial charge >= 0.3 is 0 Å². The van der Waals surface area contributed by atoms with Crippen LogP contribution in [0.4, 0.5) is 0 Å². The average Bonchev–Trinajstić information content (AvgIpc) is 2.66. The van der Waals surface area contributed by atoms with E-state index >= 15 is 0 Å². The summed E-state index contributed by atoms with van der Waals surface area (Å²) in [6, 6.07) is 10.8. The highest BCUT2D eigenvalue weighted by molar-refractivity contribution is 5.28. The highest BCUT2D eigenvalue weighted by Gasteiger charge is 2.16. The summed E-state index contributed by atoms with van der Waals surface area (Å²) in [6.45, 7) is 10.4. The van der Waals surface area contributed by atoms with E-state index < -0.39 is 0 Å². The second-order valence-electron chi connectivity index (χ2n) is 5.01. The van der Waals surface area contributed by atoms with Crippen LogP contribution in [0.2, 0.25) is 0 Å². The Hall–Kier alpha value is -1.61. The van der Waals surface area contributed by atoms with Crippen molar-refractivity contribution < 1.29 is 0 Å². The number of hydrogen-bond acceptors (Lipinski definition) is 2. The number of hydrogen-bond donors (Lipinski definition) is 1. The Bertz CT molecular complexity index is 528. The van der Waals surface area contributed by atoms with Crippen molar-refractivity contribution in [3.05, 3.63) is 52.8 Å². The van der Waals surface area contributed by atoms with Gasteiger partial charge in [-0.05, 0) is 32.9 Å². The molecular weight excluding hydrogens is 234 g/mol. The number of aryl methyl sites for hydroxylation is 1. The fourth-order valence-electron chi connectivity index (χ4n) is 2.66. The monoisotopic (exact) mass is 257 g/mol. The Balaban J connectivity index is 2.26. The van der Waals surface area contributed by atoms with Gasteiger partial charge in [0.15, 0.2) is 0 Å². The largest absolute Gasteiger partial charge is 0.310 e. The topological polar surface area (TPSA) is 29.9 Å². The average molecular weight is 257 g/mol. The molecule has 0 saturated carbocycles. The number of benzene rings is 1. The van der Waals surface area contributed by atoms with Gasteiger partial charge < -0.3 is 5.32 Å². The first-order valence-electron chi connectivity index (χ1n) is 6.94. The lowest BCUT2D eigenvalue weighted by Crippen LogP contribution is -2.19. The van der Waals surface area contributed by atoms with Crippen LogP contribution in [0.5, 0.6) is 0 Å². The Kier molecular flexibility index (Phi) is 4.38. The molecule has 1 heterocycles. The summed E-state index contributed by atoms with van der Waals surface area (Å²) in [5.74, 6) is 0. The van der Waals surface area contributed by atoms with E-state index in [-0.39, 0.29) is 0 Å². The van der Waals surface area contributed by atoms with E-state index in [1.54, 1.807) is 0 Å². The van der Waals surface area contributed by atoms with Gasteiger partial charge in [0.05, 0.1) is 12.2 Å². The lowest BCUT2D eigenvalue weighted by atomic mass is 10.1. The first-order valence-corrected chi connectivity index (χ1v) is 6.94. The minimum atomic E-state index is 0.356. The van der Waals surface area contributed by atoms with E-state index in [2.05, 4.69) is 67.1 Å². The molecule has 0 aliphatic carbocycles. The zero-order chi connectivity index (χ0) is 13.8. The van der Waals surface area contributed by atoms with Crippen molar-refractivity contribution in [2.45, 2.75) is 40.3 Å². The van der Waals surface area contributed by atoms with E-state index in [4.69, 9.17) is 0 Å². The van der Waals surface area contributed by atoms with Crippen LogP contribution in [0.15, 0.2) is 30.3 Å². The molecule has 0 radical (unpaired) electrons. The van der Waals surface area contributed by atoms with Crippen LogP contribution in [-0.2, 0) is 6.54 Å². The SMILES string of the molecule is CCNC(C)c1c(C)nn(Cc2ccccc2)c1C. The standard InChI is InChI=1S/C16H23N3/c1-5-17-12(2)16-13(3)18-19(14(16)4)11-15-9-7-6-8-10-15/h6-10,12,17H,5,11H2,1-4H3. The van der Waals surface area contributed by atoms with E-state index in [0.29, 0.717) is 6.04 Å². The molecule has 0 bridgehead atoms. The fraction of sp³-hybridized carbons (Fsp3) is 0.438. The third kappa shape index (κ3) is 3.04. The van der Waals surface area contributed by atoms with Crippen LogP contribution in [0.3, 0.4) is 0 Å². The number of nitrogens with one attached hydrogen (secondary N) is 1. The molecule has 1 atom stereocenters. The van der Waals surface area contributed by atoms with Gasteiger partial charge in [-0.2, -0.15) is 5.10 Å². The molecule has 102 valence electrons. The van der Waals surface area contributed by atoms with Gasteiger partial charge in [-0.3, -0.25) is 4.68 Å². The highest BCUT2D eigenvalue weighted by atomic mass is 15.3. The molecule has 1 unspecified atom stereocenters. The molecule has 19 heavy (non-hydrogen) atoms. The van der Waals surface area contributed by atoms with E-state index in [1.165, 1.54) is 16.8 Å². The third-order valence-electron chi connectivity index (χ3n) is 3.56. The van der Waals surface area contributed by atoms with Gasteiger partial charge in [0.1, 0.15) is 0 Å². The molecule has 1 N–H and O–H groups in total. The van der Waals surface area contributed by atoms with E-state index in [0.717, 1.165) is 18.8 Å². The van der Waals surface area contributed by atoms with Gasteiger partial charge in [-0.1, -0.05) is 37.3 Å². The Morgan fingerprint density at radius 2 is 1.89 bits per heavy atom. The molecular formula is C16H23N3. The number of rotatable bonds is 5. The van der Waals surface area contributed by atoms with Crippen molar-refractivity contribution >= 4 is 0 Å². The summed E-state index contributed by atoms with van der Waals surface area (Å²) in [4.78, 5) is 0. The molecule has 0 amide bonds. The maximum atomic E-state index is 4.69. The van der Waals surface area contributed by atoms with Gasteiger partial charge in [0, 0.05) is 17.3 Å². The quantitative estimate of drug-likeness (QED) is 0.891. The van der Waals surface area contributed by atoms with Gasteiger partial charge in [-0.15, -0.1) is 0 Å². The summed E-state index contributed by atoms with van der Waals surface area (Å²) in [6.07, 6.45) is 0. The Morgan fingerprint density at radius 3 is 2.53 bits per heavy atom. The molecule has 1 aromatic carbocycles. The maximum Gasteiger partial charge on any atom is 0.0662 e. The molecule has 3 nitrogen and oxygen atoms in total. The Labute approximate surface area is 115 Å². The zero-order valence-electron chi connectivity index (χ0n) is 12.3. The highest BCUT2D eigenvalue weighted by Crippen LogP contribution is 2.21. The van der Waals surface area contributed by atoms with Crippen molar-refractivity contribution in [2.24, 2.45) is 0 Å². The van der Waals surface area contributed by atoms with E-state index in [9.17, 15) is 0 Å². The molecule has 0 fully saturated rings. The van der Waals surface area contributed by atoms with Crippen LogP contribution < -0.4 is 5.32 Å². The predicted molar refractivity (Wildman–Crippen MR) is 79.3 cm³/mol. The van der Waals surface area contributed by atoms with Crippen molar-refractivity contribution in [1.82, 2.24) is 15.1 Å². The summed E-state index contributed by atoms with van der Waals surface area (Å²) in [7, 11) is 0. The second kappa shape index (κ2) is 6.02. The fourth-order valence-corrected chi connectivity index (χ4v) is 2.66. The molecule has 2 aromatic rings. The lowest BCUT2D eigenvalue weighted by molar-refractivity contribution is 0.589. The minimum absolute atomic E-state index is 0.356. The van der Waals surface area contributed by atoms with Crippen molar-refractivity contribution in [3.63, 3.8) is 0 Å². The Morgan fingerprint density at radius 1 is 1.21 bits per heavy atom. The number of nitrogens with zero attached hydrogens (tertiary/aromatic N) is 2. The van der Waals surface area contributed by atoms with Gasteiger partial charge in [0.2, 0.25) is 0 Å². The summed E-state index contributed by atoms with van der Waals surface area (Å²) < 4.78 is 2.10. The van der Waals surface area contributed by atoms with Crippen molar-refractivity contribution in [1.29, 1.82) is 0 Å². The first-order chi connectivity index (χ1) is 9.13. The third-order valence-corrected chi connectivity index (χ3v) is 3.56. The molecule has 1 aromatic heterocycles. The number of aromatic nitrogens is 2. The molecule has 0 spiro atoms. The smallest absolute Gasteiger partial charge is 0.0662 e. The summed E-state index contributed by atoms with van der Waals surface area (Å²) in [5, 5.41) is 8.15. The lowest BCUT2D eigenvalue weighted by Gasteiger charge is -2.13. The summed E-state index contributed by atoms with van der Waals surface area (Å²) >= 11 is 0. The predicted octanol–water partition coefficient (Wildman–Crippen LogP) is 3.22. The normalized spacial score (nSPS) is 12.6. The zero-order valence-corrected chi connectivity index (χ0v) is 12.3. The molecule has 0 aliphatic heterocycles. The molecule has 0 saturated heterocycles. The molecule has 2 rings (SSSR count). The van der Waals surface area contributed by atoms with E-state index in [1.807, 2.05) is 6.07 Å². The minimum Gasteiger partial charge on any atom is -0.310 e. The summed E-state index contributed by atoms with van der Waals surface area (Å²) in [5.41, 5.74) is 5.00. The van der Waals surface area contributed by atoms with Gasteiger partial charge in [0.25, 0.3) is 0 Å². The molecule has 3 heteroatoms. The first kappa shape index (κ1) is 13.8. The molecule has 0 aliphatic rings. The van der Waals surface area contributed by atoms with Crippen LogP contribution in [-0.4, -0.2) is 16.3 Å².